The minimum absolute atomic E-state index is 0.578. The maximum atomic E-state index is 4.45. The summed E-state index contributed by atoms with van der Waals surface area (Å²) in [5.41, 5.74) is 0.834. The molecule has 0 aliphatic carbocycles. The molecule has 0 spiro atoms. The second-order valence-electron chi connectivity index (χ2n) is 3.24. The number of nitrogens with zero attached hydrogens (tertiary/aromatic N) is 3. The van der Waals surface area contributed by atoms with Crippen LogP contribution in [-0.2, 0) is 0 Å². The number of fused-ring (bicyclic) bond motifs is 1. The molecule has 2 heterocycles. The van der Waals surface area contributed by atoms with Gasteiger partial charge in [0.05, 0.1) is 10.7 Å². The Kier molecular flexibility index (Phi) is 3.45. The van der Waals surface area contributed by atoms with Gasteiger partial charge in [0.25, 0.3) is 0 Å². The van der Waals surface area contributed by atoms with Crippen molar-refractivity contribution in [2.75, 3.05) is 11.9 Å². The van der Waals surface area contributed by atoms with Crippen LogP contribution in [0.4, 0.5) is 5.82 Å². The number of hydrogen-bond donors (Lipinski definition) is 1. The van der Waals surface area contributed by atoms with Crippen molar-refractivity contribution in [3.05, 3.63) is 22.9 Å². The molecule has 0 radical (unpaired) electrons. The molecule has 2 aromatic heterocycles. The van der Waals surface area contributed by atoms with E-state index in [1.54, 1.807) is 10.7 Å². The van der Waals surface area contributed by atoms with E-state index in [2.05, 4.69) is 60.8 Å². The molecule has 0 fully saturated rings. The van der Waals surface area contributed by atoms with Crippen molar-refractivity contribution >= 4 is 50.0 Å². The molecule has 0 aliphatic heterocycles. The van der Waals surface area contributed by atoms with Crippen LogP contribution in [-0.4, -0.2) is 25.1 Å². The number of alkyl halides is 1. The molecule has 1 atom stereocenters. The van der Waals surface area contributed by atoms with E-state index < -0.39 is 0 Å². The number of anilines is 1. The Morgan fingerprint density at radius 3 is 3.20 bits per heavy atom. The first-order chi connectivity index (χ1) is 7.16. The molecule has 0 amide bonds. The lowest BCUT2D eigenvalue weighted by atomic mass is 10.4. The fourth-order valence-electron chi connectivity index (χ4n) is 1.18. The van der Waals surface area contributed by atoms with Crippen LogP contribution in [0, 0.1) is 0 Å². The molecule has 2 rings (SSSR count). The van der Waals surface area contributed by atoms with Crippen LogP contribution in [0.15, 0.2) is 22.9 Å². The largest absolute Gasteiger partial charge is 0.369 e. The standard InChI is InChI=1S/C9H10BrIN4/c1-6(11)4-12-8-2-3-15-9(14-8)7(10)5-13-15/h2-3,5-6H,4H2,1H3,(H,12,14). The molecular weight excluding hydrogens is 371 g/mol. The summed E-state index contributed by atoms with van der Waals surface area (Å²) in [7, 11) is 0. The molecule has 0 aliphatic rings. The van der Waals surface area contributed by atoms with Gasteiger partial charge in [-0.05, 0) is 22.0 Å². The Morgan fingerprint density at radius 2 is 2.47 bits per heavy atom. The van der Waals surface area contributed by atoms with Gasteiger partial charge in [-0.3, -0.25) is 0 Å². The second kappa shape index (κ2) is 4.65. The fourth-order valence-corrected chi connectivity index (χ4v) is 1.77. The van der Waals surface area contributed by atoms with Crippen molar-refractivity contribution in [3.8, 4) is 0 Å². The van der Waals surface area contributed by atoms with E-state index >= 15 is 0 Å². The van der Waals surface area contributed by atoms with Crippen molar-refractivity contribution in [2.45, 2.75) is 10.8 Å². The summed E-state index contributed by atoms with van der Waals surface area (Å²) >= 11 is 5.78. The lowest BCUT2D eigenvalue weighted by Gasteiger charge is -2.06. The third-order valence-electron chi connectivity index (χ3n) is 1.89. The van der Waals surface area contributed by atoms with Crippen LogP contribution in [0.1, 0.15) is 6.92 Å². The third kappa shape index (κ3) is 2.60. The van der Waals surface area contributed by atoms with Crippen LogP contribution < -0.4 is 5.32 Å². The highest BCUT2D eigenvalue weighted by molar-refractivity contribution is 14.1. The van der Waals surface area contributed by atoms with Gasteiger partial charge >= 0.3 is 0 Å². The Hall–Kier alpha value is -0.370. The maximum absolute atomic E-state index is 4.45. The molecular formula is C9H10BrIN4. The Labute approximate surface area is 110 Å². The average molecular weight is 381 g/mol. The molecule has 0 bridgehead atoms. The number of halogens is 2. The van der Waals surface area contributed by atoms with E-state index in [1.807, 2.05) is 12.3 Å². The fraction of sp³-hybridized carbons (Fsp3) is 0.333. The van der Waals surface area contributed by atoms with Crippen molar-refractivity contribution in [1.82, 2.24) is 14.6 Å². The van der Waals surface area contributed by atoms with Gasteiger partial charge in [0, 0.05) is 16.7 Å². The number of aromatic nitrogens is 3. The molecule has 6 heteroatoms. The normalized spacial score (nSPS) is 13.0. The summed E-state index contributed by atoms with van der Waals surface area (Å²) in [6.45, 7) is 3.07. The number of nitrogens with one attached hydrogen (secondary N) is 1. The van der Waals surface area contributed by atoms with E-state index in [0.29, 0.717) is 3.92 Å². The highest BCUT2D eigenvalue weighted by Crippen LogP contribution is 2.16. The summed E-state index contributed by atoms with van der Waals surface area (Å²) in [5, 5.41) is 7.41. The lowest BCUT2D eigenvalue weighted by molar-refractivity contribution is 0.933. The van der Waals surface area contributed by atoms with Crippen LogP contribution in [0.25, 0.3) is 5.65 Å². The van der Waals surface area contributed by atoms with Crippen LogP contribution in [0.5, 0.6) is 0 Å². The average Bonchev–Trinajstić information content (AvgIpc) is 2.57. The lowest BCUT2D eigenvalue weighted by Crippen LogP contribution is -2.11. The summed E-state index contributed by atoms with van der Waals surface area (Å²) < 4.78 is 3.23. The van der Waals surface area contributed by atoms with Crippen molar-refractivity contribution in [1.29, 1.82) is 0 Å². The smallest absolute Gasteiger partial charge is 0.171 e. The van der Waals surface area contributed by atoms with E-state index in [1.165, 1.54) is 0 Å². The molecule has 15 heavy (non-hydrogen) atoms. The zero-order chi connectivity index (χ0) is 10.8. The molecule has 2 aromatic rings. The van der Waals surface area contributed by atoms with Gasteiger partial charge in [-0.2, -0.15) is 5.10 Å². The van der Waals surface area contributed by atoms with Gasteiger partial charge in [-0.1, -0.05) is 29.5 Å². The van der Waals surface area contributed by atoms with E-state index in [0.717, 1.165) is 22.5 Å². The summed E-state index contributed by atoms with van der Waals surface area (Å²) in [4.78, 5) is 4.45. The van der Waals surface area contributed by atoms with Crippen LogP contribution in [0.3, 0.4) is 0 Å². The number of rotatable bonds is 3. The van der Waals surface area contributed by atoms with Crippen molar-refractivity contribution < 1.29 is 0 Å². The summed E-state index contributed by atoms with van der Waals surface area (Å²) in [6.07, 6.45) is 3.64. The molecule has 0 saturated heterocycles. The quantitative estimate of drug-likeness (QED) is 0.657. The first kappa shape index (κ1) is 11.1. The summed E-state index contributed by atoms with van der Waals surface area (Å²) in [6, 6.07) is 1.92. The van der Waals surface area contributed by atoms with Crippen molar-refractivity contribution in [3.63, 3.8) is 0 Å². The van der Waals surface area contributed by atoms with Gasteiger partial charge in [0.1, 0.15) is 5.82 Å². The minimum atomic E-state index is 0.578. The van der Waals surface area contributed by atoms with E-state index in [-0.39, 0.29) is 0 Å². The zero-order valence-corrected chi connectivity index (χ0v) is 11.9. The number of hydrogen-bond acceptors (Lipinski definition) is 3. The first-order valence-corrected chi connectivity index (χ1v) is 6.58. The van der Waals surface area contributed by atoms with Crippen LogP contribution in [0.2, 0.25) is 0 Å². The highest BCUT2D eigenvalue weighted by Gasteiger charge is 2.03. The predicted molar refractivity (Wildman–Crippen MR) is 72.7 cm³/mol. The zero-order valence-electron chi connectivity index (χ0n) is 8.11. The molecule has 0 saturated carbocycles. The monoisotopic (exact) mass is 380 g/mol. The van der Waals surface area contributed by atoms with Gasteiger partial charge in [-0.15, -0.1) is 0 Å². The van der Waals surface area contributed by atoms with Gasteiger partial charge in [0.2, 0.25) is 0 Å². The minimum Gasteiger partial charge on any atom is -0.369 e. The van der Waals surface area contributed by atoms with E-state index in [4.69, 9.17) is 0 Å². The Bertz CT molecular complexity index is 468. The second-order valence-corrected chi connectivity index (χ2v) is 6.22. The topological polar surface area (TPSA) is 42.2 Å². The Morgan fingerprint density at radius 1 is 1.67 bits per heavy atom. The molecule has 1 unspecified atom stereocenters. The van der Waals surface area contributed by atoms with Gasteiger partial charge in [-0.25, -0.2) is 9.50 Å². The highest BCUT2D eigenvalue weighted by atomic mass is 127. The maximum Gasteiger partial charge on any atom is 0.171 e. The Balaban J connectivity index is 2.25. The predicted octanol–water partition coefficient (Wildman–Crippen LogP) is 2.73. The third-order valence-corrected chi connectivity index (χ3v) is 2.89. The summed E-state index contributed by atoms with van der Waals surface area (Å²) in [5.74, 6) is 0.882. The molecule has 1 N–H and O–H groups in total. The van der Waals surface area contributed by atoms with E-state index in [9.17, 15) is 0 Å². The first-order valence-electron chi connectivity index (χ1n) is 4.54. The van der Waals surface area contributed by atoms with Crippen LogP contribution >= 0.6 is 38.5 Å². The molecule has 4 nitrogen and oxygen atoms in total. The van der Waals surface area contributed by atoms with Gasteiger partial charge < -0.3 is 5.32 Å². The van der Waals surface area contributed by atoms with Crippen molar-refractivity contribution in [2.24, 2.45) is 0 Å². The molecule has 80 valence electrons. The molecule has 0 aromatic carbocycles. The van der Waals surface area contributed by atoms with Gasteiger partial charge in [0.15, 0.2) is 5.65 Å². The SMILES string of the molecule is CC(I)CNc1ccn2ncc(Br)c2n1.